The van der Waals surface area contributed by atoms with E-state index in [0.717, 1.165) is 62.5 Å². The number of carbonyl (C=O) groups is 2. The van der Waals surface area contributed by atoms with E-state index in [1.807, 2.05) is 6.92 Å². The summed E-state index contributed by atoms with van der Waals surface area (Å²) in [5.74, 6) is -1.63. The number of aryl methyl sites for hydroxylation is 2. The summed E-state index contributed by atoms with van der Waals surface area (Å²) in [5.41, 5.74) is 7.07. The van der Waals surface area contributed by atoms with E-state index in [9.17, 15) is 20.1 Å². The van der Waals surface area contributed by atoms with Crippen LogP contribution in [0, 0.1) is 17.8 Å². The van der Waals surface area contributed by atoms with E-state index >= 15 is 9.59 Å². The Kier molecular flexibility index (Phi) is 15.5. The predicted octanol–water partition coefficient (Wildman–Crippen LogP) is 11.8. The van der Waals surface area contributed by atoms with Gasteiger partial charge in [-0.25, -0.2) is 9.59 Å². The van der Waals surface area contributed by atoms with Crippen LogP contribution in [0.1, 0.15) is 178 Å². The van der Waals surface area contributed by atoms with Gasteiger partial charge in [-0.2, -0.15) is 0 Å². The van der Waals surface area contributed by atoms with Crippen molar-refractivity contribution < 1.29 is 48.3 Å². The van der Waals surface area contributed by atoms with Gasteiger partial charge in [-0.3, -0.25) is 4.79 Å². The molecule has 77 heavy (non-hydrogen) atoms. The first-order valence-corrected chi connectivity index (χ1v) is 28.7. The van der Waals surface area contributed by atoms with Gasteiger partial charge in [0, 0.05) is 65.7 Å². The second-order valence-electron chi connectivity index (χ2n) is 23.5. The molecular weight excluding hydrogens is 969 g/mol. The van der Waals surface area contributed by atoms with Crippen molar-refractivity contribution in [2.75, 3.05) is 26.9 Å². The van der Waals surface area contributed by atoms with Gasteiger partial charge in [0.2, 0.25) is 0 Å². The third-order valence-electron chi connectivity index (χ3n) is 19.2. The molecule has 9 atom stereocenters. The first-order chi connectivity index (χ1) is 37.5. The van der Waals surface area contributed by atoms with Crippen LogP contribution in [0.3, 0.4) is 0 Å². The van der Waals surface area contributed by atoms with Crippen molar-refractivity contribution in [3.63, 3.8) is 0 Å². The van der Waals surface area contributed by atoms with Gasteiger partial charge in [-0.15, -0.1) is 0 Å². The number of fused-ring (bicyclic) bond motifs is 8. The molecule has 4 heterocycles. The Morgan fingerprint density at radius 2 is 1.58 bits per heavy atom. The van der Waals surface area contributed by atoms with Gasteiger partial charge in [0.25, 0.3) is 0 Å². The smallest absolute Gasteiger partial charge is 0.340 e. The maximum absolute atomic E-state index is 15.6. The van der Waals surface area contributed by atoms with Crippen LogP contribution >= 0.6 is 0 Å². The minimum Gasteiger partial charge on any atom is -0.483 e. The Labute approximate surface area is 452 Å². The largest absolute Gasteiger partial charge is 0.483 e. The molecule has 5 aromatic rings. The number of hydrogen-bond donors (Lipinski definition) is 3. The van der Waals surface area contributed by atoms with Crippen molar-refractivity contribution in [1.29, 1.82) is 0 Å². The average molecular weight is 1050 g/mol. The molecule has 2 fully saturated rings. The molecule has 11 nitrogen and oxygen atoms in total. The van der Waals surface area contributed by atoms with Crippen molar-refractivity contribution in [3.8, 4) is 5.75 Å². The molecule has 0 amide bonds. The molecule has 1 aromatic heterocycles. The zero-order valence-electron chi connectivity index (χ0n) is 45.1. The quantitative estimate of drug-likeness (QED) is 0.0528. The standard InChI is InChI=1S/C66H76O11/c1-40(37-68)51-25-23-41-19-22-46-33-44(41)21-20-42-13-8-9-18-55(42)65(2)62(76-63(51)71)61(59-56(77-65)28-27-53-54(38-69)58(64(72)75-60(53)59)47(29-32-67)39-73-3)74-57(70)36-48-34-45(24-26-52(46)48)43-14-12-17-50(35-43)66(30-10-5-11-31-66)49-15-6-4-7-16-49/h4,6-7,12,14-17,19,22,24,26-28,33,35,42,45,47-48,52,55,61-62,67-69H,5,8-11,13,18,20-21,23,25,29-32,34,36-39H2,1-3H3. The lowest BCUT2D eigenvalue weighted by atomic mass is 9.64. The zero-order chi connectivity index (χ0) is 53.4. The molecule has 5 bridgehead atoms. The average Bonchev–Trinajstić information content (AvgIpc) is 3.55. The van der Waals surface area contributed by atoms with Crippen LogP contribution in [0.2, 0.25) is 0 Å². The molecule has 11 heteroatoms. The predicted molar refractivity (Wildman–Crippen MR) is 295 cm³/mol. The number of rotatable bonds is 10. The lowest BCUT2D eigenvalue weighted by Gasteiger charge is -2.52. The van der Waals surface area contributed by atoms with Crippen LogP contribution in [0.25, 0.3) is 11.0 Å². The van der Waals surface area contributed by atoms with Gasteiger partial charge >= 0.3 is 17.6 Å². The number of allylic oxidation sites excluding steroid dienone is 2. The highest BCUT2D eigenvalue weighted by molar-refractivity contribution is 5.90. The van der Waals surface area contributed by atoms with Crippen LogP contribution in [0.15, 0.2) is 117 Å². The summed E-state index contributed by atoms with van der Waals surface area (Å²) < 4.78 is 33.2. The van der Waals surface area contributed by atoms with Crippen molar-refractivity contribution in [3.05, 3.63) is 169 Å². The fourth-order valence-corrected chi connectivity index (χ4v) is 15.2. The maximum atomic E-state index is 15.6. The summed E-state index contributed by atoms with van der Waals surface area (Å²) >= 11 is 0. The van der Waals surface area contributed by atoms with Crippen LogP contribution in [-0.2, 0) is 48.7 Å². The van der Waals surface area contributed by atoms with Crippen LogP contribution in [0.5, 0.6) is 5.75 Å². The van der Waals surface area contributed by atoms with Crippen LogP contribution in [-0.4, -0.2) is 65.9 Å². The topological polar surface area (TPSA) is 162 Å². The number of benzene rings is 4. The van der Waals surface area contributed by atoms with E-state index in [-0.39, 0.29) is 84.4 Å². The van der Waals surface area contributed by atoms with Gasteiger partial charge in [-0.1, -0.05) is 123 Å². The number of aliphatic hydroxyl groups is 3. The number of esters is 2. The Bertz CT molecular complexity index is 3100. The molecule has 4 aromatic carbocycles. The lowest BCUT2D eigenvalue weighted by Crippen LogP contribution is -2.60. The molecule has 3 aliphatic heterocycles. The van der Waals surface area contributed by atoms with Gasteiger partial charge in [0.15, 0.2) is 17.8 Å². The molecule has 3 aliphatic carbocycles. The maximum Gasteiger partial charge on any atom is 0.340 e. The third-order valence-corrected chi connectivity index (χ3v) is 19.2. The monoisotopic (exact) mass is 1040 g/mol. The Balaban J connectivity index is 1.09. The molecule has 6 aliphatic rings. The van der Waals surface area contributed by atoms with Crippen molar-refractivity contribution in [1.82, 2.24) is 0 Å². The Morgan fingerprint density at radius 1 is 0.779 bits per heavy atom. The Hall–Kier alpha value is -5.85. The SMILES string of the molecule is COCC(CCO)c1c(CO)c2ccc3c(c2oc1=O)C1OC(=O)CC2CC(c4cccc(C5(c6ccccc6)CCCCC5)c4)C=CC2c2ccc4c(c2)CCC2CCCCC2C(C)(O3)C1OC(=O)C(=C(C)CO)CC4. The van der Waals surface area contributed by atoms with Crippen molar-refractivity contribution in [2.24, 2.45) is 17.8 Å². The van der Waals surface area contributed by atoms with E-state index in [1.165, 1.54) is 48.6 Å². The number of aliphatic hydroxyl groups excluding tert-OH is 3. The third kappa shape index (κ3) is 9.93. The fourth-order valence-electron chi connectivity index (χ4n) is 15.2. The van der Waals surface area contributed by atoms with Gasteiger partial charge < -0.3 is 38.7 Å². The van der Waals surface area contributed by atoms with E-state index in [2.05, 4.69) is 84.9 Å². The molecule has 2 saturated carbocycles. The molecule has 0 spiro atoms. The molecular formula is C66H76O11. The second-order valence-corrected chi connectivity index (χ2v) is 23.5. The number of hydrogen-bond acceptors (Lipinski definition) is 11. The summed E-state index contributed by atoms with van der Waals surface area (Å²) in [4.78, 5) is 45.2. The molecule has 11 rings (SSSR count). The molecule has 0 radical (unpaired) electrons. The van der Waals surface area contributed by atoms with E-state index in [4.69, 9.17) is 23.4 Å². The Morgan fingerprint density at radius 3 is 2.36 bits per heavy atom. The first-order valence-electron chi connectivity index (χ1n) is 28.7. The van der Waals surface area contributed by atoms with Gasteiger partial charge in [0.1, 0.15) is 11.3 Å². The number of carbonyl (C=O) groups excluding carboxylic acids is 2. The summed E-state index contributed by atoms with van der Waals surface area (Å²) in [7, 11) is 1.52. The highest BCUT2D eigenvalue weighted by Gasteiger charge is 2.58. The van der Waals surface area contributed by atoms with Crippen molar-refractivity contribution >= 4 is 22.9 Å². The summed E-state index contributed by atoms with van der Waals surface area (Å²) in [5, 5.41) is 32.3. The summed E-state index contributed by atoms with van der Waals surface area (Å²) in [6, 6.07) is 30.5. The fraction of sp³-hybridized carbons (Fsp3) is 0.500. The highest BCUT2D eigenvalue weighted by atomic mass is 16.6. The highest BCUT2D eigenvalue weighted by Crippen LogP contribution is 2.55. The zero-order valence-corrected chi connectivity index (χ0v) is 45.1. The van der Waals surface area contributed by atoms with E-state index < -0.39 is 47.9 Å². The second kappa shape index (κ2) is 22.5. The summed E-state index contributed by atoms with van der Waals surface area (Å²) in [6.07, 6.45) is 15.1. The number of methoxy groups -OCH3 is 1. The molecule has 3 N–H and O–H groups in total. The summed E-state index contributed by atoms with van der Waals surface area (Å²) in [6.45, 7) is 2.74. The lowest BCUT2D eigenvalue weighted by molar-refractivity contribution is -0.205. The molecule has 0 saturated heterocycles. The van der Waals surface area contributed by atoms with Gasteiger partial charge in [0.05, 0.1) is 25.4 Å². The minimum atomic E-state index is -1.31. The minimum absolute atomic E-state index is 0.0211. The van der Waals surface area contributed by atoms with Crippen LogP contribution < -0.4 is 10.4 Å². The number of ether oxygens (including phenoxy) is 4. The first kappa shape index (κ1) is 53.2. The molecule has 406 valence electrons. The van der Waals surface area contributed by atoms with Gasteiger partial charge in [-0.05, 0) is 140 Å². The van der Waals surface area contributed by atoms with E-state index in [1.54, 1.807) is 19.1 Å². The molecule has 9 unspecified atom stereocenters. The van der Waals surface area contributed by atoms with Crippen LogP contribution in [0.4, 0.5) is 0 Å². The normalized spacial score (nSPS) is 28.2. The van der Waals surface area contributed by atoms with E-state index in [0.29, 0.717) is 47.1 Å². The van der Waals surface area contributed by atoms with Crippen molar-refractivity contribution in [2.45, 2.75) is 164 Å².